The first-order valence-electron chi connectivity index (χ1n) is 5.93. The summed E-state index contributed by atoms with van der Waals surface area (Å²) in [6, 6.07) is -0.149. The van der Waals surface area contributed by atoms with Gasteiger partial charge in [-0.2, -0.15) is 0 Å². The van der Waals surface area contributed by atoms with Gasteiger partial charge >= 0.3 is 5.97 Å². The zero-order chi connectivity index (χ0) is 14.3. The van der Waals surface area contributed by atoms with Crippen LogP contribution in [0.25, 0.3) is 0 Å². The average molecular weight is 305 g/mol. The number of carbonyl (C=O) groups is 2. The Labute approximate surface area is 116 Å². The summed E-state index contributed by atoms with van der Waals surface area (Å²) >= 11 is 0. The van der Waals surface area contributed by atoms with Gasteiger partial charge < -0.3 is 19.1 Å². The van der Waals surface area contributed by atoms with Gasteiger partial charge in [0.05, 0.1) is 34.1 Å². The summed E-state index contributed by atoms with van der Waals surface area (Å²) < 4.78 is 9.76. The molecule has 19 heavy (non-hydrogen) atoms. The summed E-state index contributed by atoms with van der Waals surface area (Å²) in [5.41, 5.74) is 0.719. The van der Waals surface area contributed by atoms with Crippen molar-refractivity contribution in [2.75, 3.05) is 6.61 Å². The lowest BCUT2D eigenvalue weighted by Gasteiger charge is -2.47. The Hall–Kier alpha value is -0.540. The smallest absolute Gasteiger partial charge is 0.357 e. The molecule has 1 saturated heterocycles. The second-order valence-corrected chi connectivity index (χ2v) is 5.30. The molecule has 8 heteroatoms. The van der Waals surface area contributed by atoms with Crippen LogP contribution in [0.5, 0.6) is 0 Å². The van der Waals surface area contributed by atoms with E-state index in [-0.39, 0.29) is 42.2 Å². The molecule has 0 aromatic rings. The molecule has 0 saturated carbocycles. The zero-order valence-electron chi connectivity index (χ0n) is 10.7. The summed E-state index contributed by atoms with van der Waals surface area (Å²) in [7, 11) is 4.02. The fourth-order valence-electron chi connectivity index (χ4n) is 2.97. The first-order chi connectivity index (χ1) is 8.99. The Kier molecular flexibility index (Phi) is 4.26. The maximum atomic E-state index is 12.2. The topological polar surface area (TPSA) is 76.1 Å². The molecule has 2 aliphatic heterocycles. The molecule has 0 aromatic heterocycles. The van der Waals surface area contributed by atoms with E-state index in [2.05, 4.69) is 14.0 Å². The fourth-order valence-corrected chi connectivity index (χ4v) is 3.25. The van der Waals surface area contributed by atoms with Crippen LogP contribution in [0.2, 0.25) is 0 Å². The third-order valence-electron chi connectivity index (χ3n) is 3.99. The number of fused-ring (bicyclic) bond motifs is 1. The Morgan fingerprint density at radius 1 is 1.53 bits per heavy atom. The number of aliphatic hydroxyl groups is 1. The fraction of sp³-hybridized carbons (Fsp3) is 0.636. The molecule has 0 aliphatic carbocycles. The summed E-state index contributed by atoms with van der Waals surface area (Å²) in [6.45, 7) is 3.44. The van der Waals surface area contributed by atoms with E-state index in [1.807, 2.05) is 23.3 Å². The van der Waals surface area contributed by atoms with Gasteiger partial charge in [0.1, 0.15) is 5.70 Å². The van der Waals surface area contributed by atoms with Gasteiger partial charge in [-0.3, -0.25) is 4.79 Å². The number of hydrogen-bond donors (Lipinski definition) is 1. The van der Waals surface area contributed by atoms with Gasteiger partial charge in [-0.1, -0.05) is 6.92 Å². The Morgan fingerprint density at radius 3 is 2.63 bits per heavy atom. The second kappa shape index (κ2) is 5.45. The highest BCUT2D eigenvalue weighted by Crippen LogP contribution is 2.47. The maximum absolute atomic E-state index is 12.2. The van der Waals surface area contributed by atoms with Crippen molar-refractivity contribution >= 4 is 30.8 Å². The van der Waals surface area contributed by atoms with Crippen molar-refractivity contribution in [3.8, 4) is 0 Å². The minimum atomic E-state index is -0.616. The molecule has 6 nitrogen and oxygen atoms in total. The van der Waals surface area contributed by atoms with Crippen molar-refractivity contribution in [3.63, 3.8) is 0 Å². The van der Waals surface area contributed by atoms with Gasteiger partial charge in [0.15, 0.2) is 0 Å². The molecule has 1 N–H and O–H groups in total. The molecule has 2 rings (SSSR count). The lowest BCUT2D eigenvalue weighted by molar-refractivity contribution is -0.161. The van der Waals surface area contributed by atoms with Crippen LogP contribution in [0.3, 0.4) is 0 Å². The van der Waals surface area contributed by atoms with E-state index in [0.29, 0.717) is 5.57 Å². The van der Waals surface area contributed by atoms with Crippen molar-refractivity contribution in [2.24, 2.45) is 11.8 Å². The second-order valence-electron chi connectivity index (χ2n) is 4.79. The third-order valence-corrected chi connectivity index (χ3v) is 4.63. The number of carbonyl (C=O) groups excluding carboxylic acids is 2. The van der Waals surface area contributed by atoms with Crippen LogP contribution in [0, 0.1) is 11.8 Å². The number of rotatable bonds is 4. The first kappa shape index (κ1) is 14.9. The van der Waals surface area contributed by atoms with Crippen LogP contribution in [0.4, 0.5) is 0 Å². The van der Waals surface area contributed by atoms with Gasteiger partial charge in [0.25, 0.3) is 0 Å². The van der Waals surface area contributed by atoms with Crippen LogP contribution in [-0.4, -0.2) is 40.6 Å². The SMILES string of the molecule is CC(OP)C1C(=O)N2C(C(=O)OP)=C(CO)C(C)C12. The number of amides is 1. The van der Waals surface area contributed by atoms with Gasteiger partial charge in [0.2, 0.25) is 5.91 Å². The molecule has 6 unspecified atom stereocenters. The number of aliphatic hydroxyl groups excluding tert-OH is 1. The summed E-state index contributed by atoms with van der Waals surface area (Å²) in [5.74, 6) is -1.17. The van der Waals surface area contributed by atoms with E-state index < -0.39 is 5.97 Å². The predicted molar refractivity (Wildman–Crippen MR) is 73.5 cm³/mol. The predicted octanol–water partition coefficient (Wildman–Crippen LogP) is 0.238. The molecule has 6 atom stereocenters. The highest BCUT2D eigenvalue weighted by molar-refractivity contribution is 7.10. The monoisotopic (exact) mass is 305 g/mol. The normalized spacial score (nSPS) is 31.1. The van der Waals surface area contributed by atoms with Gasteiger partial charge in [-0.15, -0.1) is 0 Å². The number of β-lactam (4-membered cyclic amide) rings is 1. The van der Waals surface area contributed by atoms with E-state index in [0.717, 1.165) is 0 Å². The molecule has 0 radical (unpaired) electrons. The van der Waals surface area contributed by atoms with Gasteiger partial charge in [0, 0.05) is 15.4 Å². The zero-order valence-corrected chi connectivity index (χ0v) is 13.0. The standard InChI is InChI=1S/C11H17NO5P2/c1-4-6(3-13)9(11(15)17-19)12-8(4)7(10(12)14)5(2)16-18/h4-5,7-8,13H,3,18-19H2,1-2H3. The highest BCUT2D eigenvalue weighted by atomic mass is 31.0. The molecule has 0 aromatic carbocycles. The molecular formula is C11H17NO5P2. The minimum Gasteiger partial charge on any atom is -0.447 e. The van der Waals surface area contributed by atoms with Crippen molar-refractivity contribution in [2.45, 2.75) is 26.0 Å². The molecule has 0 spiro atoms. The molecule has 106 valence electrons. The first-order valence-corrected chi connectivity index (χ1v) is 6.87. The quantitative estimate of drug-likeness (QED) is 0.595. The molecule has 2 aliphatic rings. The van der Waals surface area contributed by atoms with Crippen molar-refractivity contribution < 1.29 is 23.7 Å². The van der Waals surface area contributed by atoms with Crippen LogP contribution in [-0.2, 0) is 18.6 Å². The highest BCUT2D eigenvalue weighted by Gasteiger charge is 2.60. The summed E-state index contributed by atoms with van der Waals surface area (Å²) in [4.78, 5) is 25.4. The van der Waals surface area contributed by atoms with E-state index >= 15 is 0 Å². The van der Waals surface area contributed by atoms with Gasteiger partial charge in [-0.25, -0.2) is 4.79 Å². The minimum absolute atomic E-state index is 0.0885. The largest absolute Gasteiger partial charge is 0.447 e. The van der Waals surface area contributed by atoms with Crippen LogP contribution < -0.4 is 0 Å². The Morgan fingerprint density at radius 2 is 2.16 bits per heavy atom. The van der Waals surface area contributed by atoms with E-state index in [9.17, 15) is 14.7 Å². The van der Waals surface area contributed by atoms with Crippen LogP contribution >= 0.6 is 18.9 Å². The molecule has 1 amide bonds. The van der Waals surface area contributed by atoms with Crippen LogP contribution in [0.1, 0.15) is 13.8 Å². The Balaban J connectivity index is 2.35. The molecule has 1 fully saturated rings. The lowest BCUT2D eigenvalue weighted by atomic mass is 9.78. The van der Waals surface area contributed by atoms with Crippen molar-refractivity contribution in [1.29, 1.82) is 0 Å². The maximum Gasteiger partial charge on any atom is 0.357 e. The molecule has 0 bridgehead atoms. The third kappa shape index (κ3) is 2.02. The van der Waals surface area contributed by atoms with Crippen molar-refractivity contribution in [1.82, 2.24) is 4.90 Å². The van der Waals surface area contributed by atoms with E-state index in [4.69, 9.17) is 4.52 Å². The molecular weight excluding hydrogens is 288 g/mol. The number of nitrogens with zero attached hydrogens (tertiary/aromatic N) is 1. The Bertz CT molecular complexity index is 452. The van der Waals surface area contributed by atoms with Crippen LogP contribution in [0.15, 0.2) is 11.3 Å². The summed E-state index contributed by atoms with van der Waals surface area (Å²) in [5, 5.41) is 9.44. The lowest BCUT2D eigenvalue weighted by Crippen LogP contribution is -2.63. The van der Waals surface area contributed by atoms with Gasteiger partial charge in [-0.05, 0) is 12.5 Å². The number of hydrogen-bond acceptors (Lipinski definition) is 5. The average Bonchev–Trinajstić information content (AvgIpc) is 2.66. The van der Waals surface area contributed by atoms with E-state index in [1.54, 1.807) is 0 Å². The molecule has 2 heterocycles. The van der Waals surface area contributed by atoms with Crippen molar-refractivity contribution in [3.05, 3.63) is 11.3 Å². The van der Waals surface area contributed by atoms with E-state index in [1.165, 1.54) is 4.90 Å². The summed E-state index contributed by atoms with van der Waals surface area (Å²) in [6.07, 6.45) is -0.257.